The summed E-state index contributed by atoms with van der Waals surface area (Å²) in [4.78, 5) is 24.0. The maximum absolute atomic E-state index is 14.9. The zero-order valence-electron chi connectivity index (χ0n) is 26.9. The number of carbonyl (C=O) groups excluding carboxylic acids is 1. The smallest absolute Gasteiger partial charge is 0.275 e. The minimum atomic E-state index is -0.203. The molecule has 0 saturated heterocycles. The molecule has 1 fully saturated rings. The van der Waals surface area contributed by atoms with Crippen molar-refractivity contribution < 1.29 is 4.79 Å². The normalized spacial score (nSPS) is 18.4. The van der Waals surface area contributed by atoms with Gasteiger partial charge in [0, 0.05) is 56.4 Å². The molecule has 1 aliphatic heterocycles. The summed E-state index contributed by atoms with van der Waals surface area (Å²) in [6.07, 6.45) is 5.23. The standard InChI is InChI=1S/C40H39N5O/c1-43(2)31-21-17-27(18-22-31)25-30-13-10-15-34-38(30)42-45(39(34)29-19-23-32(24-20-29)44(3)4)40(46)35-26-37(28-11-6-5-7-12-28)41-36-16-9-8-14-33(35)36/h5-9,11-12,14,16-26,34,39H,10,13,15H2,1-4H3/b30-25+/t34-,39+/m1/s1. The van der Waals surface area contributed by atoms with Crippen molar-refractivity contribution in [3.63, 3.8) is 0 Å². The first-order valence-electron chi connectivity index (χ1n) is 16.0. The lowest BCUT2D eigenvalue weighted by Gasteiger charge is -2.30. The Morgan fingerprint density at radius 1 is 0.804 bits per heavy atom. The summed E-state index contributed by atoms with van der Waals surface area (Å²) in [7, 11) is 8.20. The Labute approximate surface area is 271 Å². The van der Waals surface area contributed by atoms with Crippen LogP contribution in [0.2, 0.25) is 0 Å². The number of nitrogens with zero attached hydrogens (tertiary/aromatic N) is 5. The van der Waals surface area contributed by atoms with Crippen LogP contribution in [0.25, 0.3) is 28.2 Å². The third-order valence-corrected chi connectivity index (χ3v) is 9.23. The van der Waals surface area contributed by atoms with E-state index in [1.165, 1.54) is 11.3 Å². The van der Waals surface area contributed by atoms with Gasteiger partial charge in [-0.25, -0.2) is 9.99 Å². The van der Waals surface area contributed by atoms with Crippen molar-refractivity contribution in [1.82, 2.24) is 9.99 Å². The van der Waals surface area contributed by atoms with E-state index in [0.29, 0.717) is 5.56 Å². The number of allylic oxidation sites excluding steroid dienone is 1. The summed E-state index contributed by atoms with van der Waals surface area (Å²) < 4.78 is 0. The van der Waals surface area contributed by atoms with Crippen LogP contribution in [0, 0.1) is 5.92 Å². The Balaban J connectivity index is 1.35. The van der Waals surface area contributed by atoms with Crippen LogP contribution in [0.3, 0.4) is 0 Å². The molecule has 0 unspecified atom stereocenters. The first-order chi connectivity index (χ1) is 22.4. The molecule has 230 valence electrons. The minimum absolute atomic E-state index is 0.103. The molecule has 4 aromatic carbocycles. The lowest BCUT2D eigenvalue weighted by molar-refractivity contribution is 0.0683. The van der Waals surface area contributed by atoms with Gasteiger partial charge in [-0.05, 0) is 78.4 Å². The van der Waals surface area contributed by atoms with Crippen molar-refractivity contribution in [1.29, 1.82) is 0 Å². The third-order valence-electron chi connectivity index (χ3n) is 9.23. The van der Waals surface area contributed by atoms with Crippen LogP contribution in [0.5, 0.6) is 0 Å². The number of pyridine rings is 1. The first kappa shape index (κ1) is 29.5. The summed E-state index contributed by atoms with van der Waals surface area (Å²) >= 11 is 0. The number of benzene rings is 4. The van der Waals surface area contributed by atoms with E-state index in [-0.39, 0.29) is 17.9 Å². The van der Waals surface area contributed by atoms with Gasteiger partial charge in [0.05, 0.1) is 28.5 Å². The van der Waals surface area contributed by atoms with Crippen LogP contribution < -0.4 is 9.80 Å². The van der Waals surface area contributed by atoms with Crippen LogP contribution in [0.15, 0.2) is 120 Å². The fourth-order valence-corrected chi connectivity index (χ4v) is 6.77. The quantitative estimate of drug-likeness (QED) is 0.195. The van der Waals surface area contributed by atoms with Gasteiger partial charge in [0.15, 0.2) is 0 Å². The summed E-state index contributed by atoms with van der Waals surface area (Å²) in [5.41, 5.74) is 9.94. The molecule has 6 nitrogen and oxygen atoms in total. The van der Waals surface area contributed by atoms with E-state index < -0.39 is 0 Å². The highest BCUT2D eigenvalue weighted by molar-refractivity contribution is 6.12. The predicted octanol–water partition coefficient (Wildman–Crippen LogP) is 8.47. The summed E-state index contributed by atoms with van der Waals surface area (Å²) in [6.45, 7) is 0. The van der Waals surface area contributed by atoms with Crippen LogP contribution in [-0.2, 0) is 0 Å². The number of anilines is 2. The fourth-order valence-electron chi connectivity index (χ4n) is 6.77. The number of aromatic nitrogens is 1. The van der Waals surface area contributed by atoms with Crippen molar-refractivity contribution in [2.75, 3.05) is 38.0 Å². The molecule has 0 N–H and O–H groups in total. The average Bonchev–Trinajstić information content (AvgIpc) is 3.49. The van der Waals surface area contributed by atoms with Crippen molar-refractivity contribution in [3.05, 3.63) is 131 Å². The van der Waals surface area contributed by atoms with Crippen LogP contribution >= 0.6 is 0 Å². The molecule has 0 radical (unpaired) electrons. The largest absolute Gasteiger partial charge is 0.378 e. The van der Waals surface area contributed by atoms with Crippen molar-refractivity contribution in [2.24, 2.45) is 11.0 Å². The lowest BCUT2D eigenvalue weighted by Crippen LogP contribution is -2.32. The Hall–Kier alpha value is -5.23. The van der Waals surface area contributed by atoms with E-state index in [9.17, 15) is 4.79 Å². The number of para-hydroxylation sites is 1. The highest BCUT2D eigenvalue weighted by Gasteiger charge is 2.44. The SMILES string of the molecule is CN(C)c1ccc(/C=C2\CCC[C@@H]3C2=NN(C(=O)c2cc(-c4ccccc4)nc4ccccc24)[C@H]3c2ccc(N(C)C)cc2)cc1. The molecule has 0 spiro atoms. The Morgan fingerprint density at radius 3 is 2.15 bits per heavy atom. The number of carbonyl (C=O) groups is 1. The van der Waals surface area contributed by atoms with E-state index in [0.717, 1.165) is 63.9 Å². The van der Waals surface area contributed by atoms with Gasteiger partial charge in [-0.2, -0.15) is 5.10 Å². The van der Waals surface area contributed by atoms with E-state index in [1.807, 2.05) is 74.8 Å². The molecular weight excluding hydrogens is 566 g/mol. The van der Waals surface area contributed by atoms with E-state index in [1.54, 1.807) is 5.01 Å². The number of hydrogen-bond acceptors (Lipinski definition) is 5. The number of hydrazone groups is 1. The number of rotatable bonds is 6. The number of amides is 1. The second kappa shape index (κ2) is 12.3. The van der Waals surface area contributed by atoms with E-state index in [4.69, 9.17) is 10.1 Å². The molecule has 2 atom stereocenters. The van der Waals surface area contributed by atoms with Gasteiger partial charge in [-0.1, -0.05) is 72.8 Å². The molecule has 1 aliphatic carbocycles. The Bertz CT molecular complexity index is 1940. The Morgan fingerprint density at radius 2 is 1.46 bits per heavy atom. The van der Waals surface area contributed by atoms with Crippen molar-refractivity contribution in [3.8, 4) is 11.3 Å². The molecule has 5 aromatic rings. The minimum Gasteiger partial charge on any atom is -0.378 e. The van der Waals surface area contributed by atoms with Gasteiger partial charge in [0.25, 0.3) is 5.91 Å². The van der Waals surface area contributed by atoms with Crippen LogP contribution in [0.1, 0.15) is 46.8 Å². The van der Waals surface area contributed by atoms with E-state index in [2.05, 4.69) is 78.5 Å². The fraction of sp³-hybridized carbons (Fsp3) is 0.225. The summed E-state index contributed by atoms with van der Waals surface area (Å²) in [6, 6.07) is 36.9. The highest BCUT2D eigenvalue weighted by atomic mass is 16.2. The highest BCUT2D eigenvalue weighted by Crippen LogP contribution is 2.45. The second-order valence-corrected chi connectivity index (χ2v) is 12.7. The molecule has 0 bridgehead atoms. The molecule has 46 heavy (non-hydrogen) atoms. The zero-order valence-corrected chi connectivity index (χ0v) is 26.9. The van der Waals surface area contributed by atoms with Gasteiger partial charge in [0.2, 0.25) is 0 Å². The maximum atomic E-state index is 14.9. The summed E-state index contributed by atoms with van der Waals surface area (Å²) in [5, 5.41) is 7.83. The average molecular weight is 606 g/mol. The monoisotopic (exact) mass is 605 g/mol. The molecular formula is C40H39N5O. The van der Waals surface area contributed by atoms with Crippen LogP contribution in [-0.4, -0.2) is 49.8 Å². The van der Waals surface area contributed by atoms with E-state index >= 15 is 0 Å². The van der Waals surface area contributed by atoms with Gasteiger partial charge >= 0.3 is 0 Å². The Kier molecular flexibility index (Phi) is 7.87. The molecule has 1 amide bonds. The van der Waals surface area contributed by atoms with Gasteiger partial charge < -0.3 is 9.80 Å². The molecule has 7 rings (SSSR count). The lowest BCUT2D eigenvalue weighted by atomic mass is 9.77. The molecule has 6 heteroatoms. The van der Waals surface area contributed by atoms with Gasteiger partial charge in [-0.3, -0.25) is 4.79 Å². The van der Waals surface area contributed by atoms with Crippen molar-refractivity contribution >= 4 is 40.0 Å². The third kappa shape index (κ3) is 5.56. The zero-order chi connectivity index (χ0) is 31.8. The molecule has 2 aliphatic rings. The number of fused-ring (bicyclic) bond motifs is 2. The molecule has 1 saturated carbocycles. The maximum Gasteiger partial charge on any atom is 0.275 e. The molecule has 1 aromatic heterocycles. The predicted molar refractivity (Wildman–Crippen MR) is 190 cm³/mol. The van der Waals surface area contributed by atoms with Crippen molar-refractivity contribution in [2.45, 2.75) is 25.3 Å². The van der Waals surface area contributed by atoms with Crippen LogP contribution in [0.4, 0.5) is 11.4 Å². The number of hydrogen-bond donors (Lipinski definition) is 0. The van der Waals surface area contributed by atoms with Gasteiger partial charge in [0.1, 0.15) is 0 Å². The second-order valence-electron chi connectivity index (χ2n) is 12.7. The first-order valence-corrected chi connectivity index (χ1v) is 16.0. The topological polar surface area (TPSA) is 52.0 Å². The summed E-state index contributed by atoms with van der Waals surface area (Å²) in [5.74, 6) is 0.00551. The molecule has 2 heterocycles. The van der Waals surface area contributed by atoms with Gasteiger partial charge in [-0.15, -0.1) is 0 Å².